The van der Waals surface area contributed by atoms with Crippen molar-refractivity contribution in [2.75, 3.05) is 7.11 Å². The Bertz CT molecular complexity index is 585. The Hall–Kier alpha value is -2.29. The van der Waals surface area contributed by atoms with E-state index in [9.17, 15) is 4.79 Å². The van der Waals surface area contributed by atoms with Gasteiger partial charge >= 0.3 is 5.97 Å². The summed E-state index contributed by atoms with van der Waals surface area (Å²) in [6.07, 6.45) is 0.0204. The molecule has 0 bridgehead atoms. The zero-order chi connectivity index (χ0) is 15.2. The summed E-state index contributed by atoms with van der Waals surface area (Å²) in [5, 5.41) is 0. The van der Waals surface area contributed by atoms with Crippen molar-refractivity contribution >= 4 is 5.97 Å². The average Bonchev–Trinajstić information content (AvgIpc) is 2.53. The fraction of sp³-hybridized carbons (Fsp3) is 0.278. The van der Waals surface area contributed by atoms with E-state index in [4.69, 9.17) is 9.47 Å². The van der Waals surface area contributed by atoms with E-state index >= 15 is 0 Å². The van der Waals surface area contributed by atoms with E-state index in [2.05, 4.69) is 31.2 Å². The number of carbonyl (C=O) groups excluding carboxylic acids is 1. The van der Waals surface area contributed by atoms with Crippen molar-refractivity contribution in [3.8, 4) is 16.9 Å². The van der Waals surface area contributed by atoms with Gasteiger partial charge in [-0.1, -0.05) is 48.9 Å². The largest absolute Gasteiger partial charge is 0.479 e. The number of hydrogen-bond acceptors (Lipinski definition) is 3. The van der Waals surface area contributed by atoms with Gasteiger partial charge in [-0.3, -0.25) is 0 Å². The molecule has 3 nitrogen and oxygen atoms in total. The van der Waals surface area contributed by atoms with Gasteiger partial charge in [-0.25, -0.2) is 4.79 Å². The van der Waals surface area contributed by atoms with Crippen molar-refractivity contribution in [3.05, 3.63) is 54.1 Å². The van der Waals surface area contributed by atoms with Crippen LogP contribution in [0, 0.1) is 6.92 Å². The molecule has 0 aliphatic heterocycles. The Kier molecular flexibility index (Phi) is 4.99. The van der Waals surface area contributed by atoms with Gasteiger partial charge in [-0.15, -0.1) is 0 Å². The van der Waals surface area contributed by atoms with Crippen molar-refractivity contribution in [2.24, 2.45) is 0 Å². The molecular formula is C18H20O3. The van der Waals surface area contributed by atoms with Gasteiger partial charge in [0.05, 0.1) is 7.11 Å². The highest BCUT2D eigenvalue weighted by atomic mass is 16.6. The SMILES string of the molecule is CC[C@@H](Oc1ccc(-c2ccc(C)cc2)cc1)C(=O)OC. The number of methoxy groups -OCH3 is 1. The average molecular weight is 284 g/mol. The predicted octanol–water partition coefficient (Wildman–Crippen LogP) is 3.99. The first kappa shape index (κ1) is 15.1. The lowest BCUT2D eigenvalue weighted by Crippen LogP contribution is -2.27. The van der Waals surface area contributed by atoms with Crippen LogP contribution in [0.5, 0.6) is 5.75 Å². The second-order valence-corrected chi connectivity index (χ2v) is 4.93. The van der Waals surface area contributed by atoms with Crippen molar-refractivity contribution < 1.29 is 14.3 Å². The molecule has 0 saturated heterocycles. The molecule has 0 N–H and O–H groups in total. The third-order valence-electron chi connectivity index (χ3n) is 3.35. The molecule has 0 radical (unpaired) electrons. The first-order valence-corrected chi connectivity index (χ1v) is 7.05. The fourth-order valence-corrected chi connectivity index (χ4v) is 2.07. The van der Waals surface area contributed by atoms with E-state index in [1.807, 2.05) is 31.2 Å². The van der Waals surface area contributed by atoms with Crippen LogP contribution >= 0.6 is 0 Å². The van der Waals surface area contributed by atoms with Crippen molar-refractivity contribution in [2.45, 2.75) is 26.4 Å². The summed E-state index contributed by atoms with van der Waals surface area (Å²) in [4.78, 5) is 11.5. The first-order valence-electron chi connectivity index (χ1n) is 7.05. The van der Waals surface area contributed by atoms with Gasteiger partial charge in [0, 0.05) is 0 Å². The second kappa shape index (κ2) is 6.93. The van der Waals surface area contributed by atoms with Gasteiger partial charge in [0.25, 0.3) is 0 Å². The zero-order valence-corrected chi connectivity index (χ0v) is 12.6. The number of rotatable bonds is 5. The summed E-state index contributed by atoms with van der Waals surface area (Å²) < 4.78 is 10.4. The van der Waals surface area contributed by atoms with E-state index in [-0.39, 0.29) is 5.97 Å². The van der Waals surface area contributed by atoms with Crippen LogP contribution in [-0.2, 0) is 9.53 Å². The van der Waals surface area contributed by atoms with Crippen LogP contribution < -0.4 is 4.74 Å². The van der Waals surface area contributed by atoms with Crippen LogP contribution in [0.3, 0.4) is 0 Å². The van der Waals surface area contributed by atoms with E-state index in [0.717, 1.165) is 11.1 Å². The van der Waals surface area contributed by atoms with Gasteiger partial charge in [-0.2, -0.15) is 0 Å². The molecule has 0 aromatic heterocycles. The van der Waals surface area contributed by atoms with Crippen LogP contribution in [0.15, 0.2) is 48.5 Å². The summed E-state index contributed by atoms with van der Waals surface area (Å²) in [6.45, 7) is 3.96. The Morgan fingerprint density at radius 3 is 2.00 bits per heavy atom. The molecule has 2 aromatic rings. The lowest BCUT2D eigenvalue weighted by Gasteiger charge is -2.15. The molecule has 0 aliphatic rings. The summed E-state index contributed by atoms with van der Waals surface area (Å²) in [5.74, 6) is 0.322. The van der Waals surface area contributed by atoms with E-state index < -0.39 is 6.10 Å². The normalized spacial score (nSPS) is 11.8. The van der Waals surface area contributed by atoms with E-state index in [1.165, 1.54) is 12.7 Å². The van der Waals surface area contributed by atoms with Gasteiger partial charge < -0.3 is 9.47 Å². The lowest BCUT2D eigenvalue weighted by atomic mass is 10.0. The van der Waals surface area contributed by atoms with Crippen LogP contribution in [0.1, 0.15) is 18.9 Å². The topological polar surface area (TPSA) is 35.5 Å². The number of hydrogen-bond donors (Lipinski definition) is 0. The smallest absolute Gasteiger partial charge is 0.347 e. The third-order valence-corrected chi connectivity index (χ3v) is 3.35. The Morgan fingerprint density at radius 1 is 1.00 bits per heavy atom. The maximum Gasteiger partial charge on any atom is 0.347 e. The maximum atomic E-state index is 11.5. The molecule has 0 unspecified atom stereocenters. The van der Waals surface area contributed by atoms with Crippen LogP contribution in [-0.4, -0.2) is 19.2 Å². The molecule has 0 aliphatic carbocycles. The van der Waals surface area contributed by atoms with Crippen LogP contribution in [0.2, 0.25) is 0 Å². The van der Waals surface area contributed by atoms with Gasteiger partial charge in [0.15, 0.2) is 6.10 Å². The summed E-state index contributed by atoms with van der Waals surface area (Å²) in [7, 11) is 1.37. The third kappa shape index (κ3) is 3.85. The van der Waals surface area contributed by atoms with Crippen LogP contribution in [0.4, 0.5) is 0 Å². The molecule has 0 saturated carbocycles. The van der Waals surface area contributed by atoms with Crippen molar-refractivity contribution in [3.63, 3.8) is 0 Å². The predicted molar refractivity (Wildman–Crippen MR) is 83.3 cm³/mol. The second-order valence-electron chi connectivity index (χ2n) is 4.93. The molecule has 2 rings (SSSR count). The molecule has 1 atom stereocenters. The van der Waals surface area contributed by atoms with Gasteiger partial charge in [-0.05, 0) is 36.6 Å². The highest BCUT2D eigenvalue weighted by Gasteiger charge is 2.18. The van der Waals surface area contributed by atoms with E-state index in [0.29, 0.717) is 12.2 Å². The van der Waals surface area contributed by atoms with Crippen molar-refractivity contribution in [1.29, 1.82) is 0 Å². The zero-order valence-electron chi connectivity index (χ0n) is 12.6. The molecule has 2 aromatic carbocycles. The highest BCUT2D eigenvalue weighted by Crippen LogP contribution is 2.23. The summed E-state index contributed by atoms with van der Waals surface area (Å²) in [6, 6.07) is 16.1. The molecule has 110 valence electrons. The molecule has 21 heavy (non-hydrogen) atoms. The number of ether oxygens (including phenoxy) is 2. The molecule has 3 heteroatoms. The van der Waals surface area contributed by atoms with Gasteiger partial charge in [0.2, 0.25) is 0 Å². The van der Waals surface area contributed by atoms with E-state index in [1.54, 1.807) is 0 Å². The Morgan fingerprint density at radius 2 is 1.52 bits per heavy atom. The number of benzene rings is 2. The minimum absolute atomic E-state index is 0.347. The molecule has 0 spiro atoms. The maximum absolute atomic E-state index is 11.5. The number of carbonyl (C=O) groups is 1. The Balaban J connectivity index is 2.11. The highest BCUT2D eigenvalue weighted by molar-refractivity contribution is 5.75. The number of aryl methyl sites for hydroxylation is 1. The lowest BCUT2D eigenvalue weighted by molar-refractivity contribution is -0.148. The quantitative estimate of drug-likeness (QED) is 0.779. The molecular weight excluding hydrogens is 264 g/mol. The fourth-order valence-electron chi connectivity index (χ4n) is 2.07. The monoisotopic (exact) mass is 284 g/mol. The molecule has 0 amide bonds. The Labute approximate surface area is 125 Å². The van der Waals surface area contributed by atoms with Crippen molar-refractivity contribution in [1.82, 2.24) is 0 Å². The number of esters is 1. The minimum Gasteiger partial charge on any atom is -0.479 e. The van der Waals surface area contributed by atoms with Gasteiger partial charge in [0.1, 0.15) is 5.75 Å². The molecule has 0 fully saturated rings. The first-order chi connectivity index (χ1) is 10.1. The molecule has 0 heterocycles. The summed E-state index contributed by atoms with van der Waals surface area (Å²) >= 11 is 0. The summed E-state index contributed by atoms with van der Waals surface area (Å²) in [5.41, 5.74) is 3.52. The minimum atomic E-state index is -0.555. The van der Waals surface area contributed by atoms with Crippen LogP contribution in [0.25, 0.3) is 11.1 Å². The standard InChI is InChI=1S/C18H20O3/c1-4-17(18(19)20-3)21-16-11-9-15(10-12-16)14-7-5-13(2)6-8-14/h5-12,17H,4H2,1-3H3/t17-/m1/s1.